The monoisotopic (exact) mass is 270 g/mol. The Morgan fingerprint density at radius 2 is 2.00 bits per heavy atom. The standard InChI is InChI=1S/C15H26O4/c1-14-7-4-8-15(2,13(18)19-3)12(14)6-5-11(17)10(14)9-16/h10-12,16-17H,4-9H2,1-3H3/t10-,11-,12+,14+,15-/m0/s1. The number of rotatable bonds is 2. The summed E-state index contributed by atoms with van der Waals surface area (Å²) >= 11 is 0. The van der Waals surface area contributed by atoms with Crippen molar-refractivity contribution in [1.82, 2.24) is 0 Å². The van der Waals surface area contributed by atoms with Crippen LogP contribution >= 0.6 is 0 Å². The molecule has 5 atom stereocenters. The predicted octanol–water partition coefficient (Wildman–Crippen LogP) is 1.74. The molecule has 2 aliphatic carbocycles. The van der Waals surface area contributed by atoms with Crippen LogP contribution in [0.5, 0.6) is 0 Å². The fraction of sp³-hybridized carbons (Fsp3) is 0.933. The number of esters is 1. The van der Waals surface area contributed by atoms with Crippen LogP contribution < -0.4 is 0 Å². The predicted molar refractivity (Wildman–Crippen MR) is 71.4 cm³/mol. The maximum absolute atomic E-state index is 12.2. The molecule has 4 nitrogen and oxygen atoms in total. The van der Waals surface area contributed by atoms with E-state index in [0.717, 1.165) is 25.7 Å². The molecule has 2 N–H and O–H groups in total. The molecule has 0 heterocycles. The molecular weight excluding hydrogens is 244 g/mol. The van der Waals surface area contributed by atoms with Gasteiger partial charge in [-0.1, -0.05) is 13.3 Å². The maximum Gasteiger partial charge on any atom is 0.311 e. The van der Waals surface area contributed by atoms with Crippen LogP contribution in [-0.2, 0) is 9.53 Å². The number of fused-ring (bicyclic) bond motifs is 1. The summed E-state index contributed by atoms with van der Waals surface area (Å²) < 4.78 is 5.02. The summed E-state index contributed by atoms with van der Waals surface area (Å²) in [7, 11) is 1.45. The van der Waals surface area contributed by atoms with Crippen LogP contribution in [-0.4, -0.2) is 36.0 Å². The first-order valence-corrected chi connectivity index (χ1v) is 7.27. The molecule has 110 valence electrons. The first kappa shape index (κ1) is 14.8. The highest BCUT2D eigenvalue weighted by Crippen LogP contribution is 2.60. The Morgan fingerprint density at radius 1 is 1.32 bits per heavy atom. The van der Waals surface area contributed by atoms with Gasteiger partial charge in [0.05, 0.1) is 18.6 Å². The maximum atomic E-state index is 12.2. The first-order valence-electron chi connectivity index (χ1n) is 7.27. The Morgan fingerprint density at radius 3 is 2.58 bits per heavy atom. The Kier molecular flexibility index (Phi) is 3.94. The molecule has 2 saturated carbocycles. The van der Waals surface area contributed by atoms with Gasteiger partial charge in [-0.05, 0) is 43.9 Å². The average molecular weight is 270 g/mol. The van der Waals surface area contributed by atoms with E-state index in [1.807, 2.05) is 6.92 Å². The highest BCUT2D eigenvalue weighted by Gasteiger charge is 2.58. The summed E-state index contributed by atoms with van der Waals surface area (Å²) in [4.78, 5) is 12.2. The number of hydrogen-bond donors (Lipinski definition) is 2. The lowest BCUT2D eigenvalue weighted by Gasteiger charge is -2.57. The average Bonchev–Trinajstić information content (AvgIpc) is 2.37. The van der Waals surface area contributed by atoms with Crippen LogP contribution in [0.2, 0.25) is 0 Å². The van der Waals surface area contributed by atoms with Crippen LogP contribution in [0.3, 0.4) is 0 Å². The second kappa shape index (κ2) is 5.06. The lowest BCUT2D eigenvalue weighted by atomic mass is 9.47. The van der Waals surface area contributed by atoms with Gasteiger partial charge in [0.25, 0.3) is 0 Å². The number of methoxy groups -OCH3 is 1. The lowest BCUT2D eigenvalue weighted by molar-refractivity contribution is -0.180. The highest BCUT2D eigenvalue weighted by molar-refractivity contribution is 5.77. The van der Waals surface area contributed by atoms with E-state index in [4.69, 9.17) is 4.74 Å². The number of aliphatic hydroxyl groups excluding tert-OH is 2. The SMILES string of the molecule is COC(=O)[C@@]1(C)CCC[C@@]2(C)[C@H]1CC[C@H](O)[C@@H]2CO. The van der Waals surface area contributed by atoms with Crippen LogP contribution in [0.25, 0.3) is 0 Å². The van der Waals surface area contributed by atoms with Gasteiger partial charge in [0, 0.05) is 12.5 Å². The quantitative estimate of drug-likeness (QED) is 0.750. The number of carbonyl (C=O) groups excluding carboxylic acids is 1. The molecule has 2 rings (SSSR count). The second-order valence-electron chi connectivity index (χ2n) is 6.75. The van der Waals surface area contributed by atoms with Gasteiger partial charge in [-0.15, -0.1) is 0 Å². The number of aliphatic hydroxyl groups is 2. The van der Waals surface area contributed by atoms with E-state index >= 15 is 0 Å². The molecule has 2 fully saturated rings. The molecule has 0 spiro atoms. The normalized spacial score (nSPS) is 46.5. The van der Waals surface area contributed by atoms with Crippen LogP contribution in [0.4, 0.5) is 0 Å². The molecule has 2 aliphatic rings. The minimum atomic E-state index is -0.477. The third-order valence-electron chi connectivity index (χ3n) is 5.89. The van der Waals surface area contributed by atoms with Crippen LogP contribution in [0, 0.1) is 22.7 Å². The van der Waals surface area contributed by atoms with Gasteiger partial charge < -0.3 is 14.9 Å². The van der Waals surface area contributed by atoms with E-state index in [0.29, 0.717) is 6.42 Å². The number of carbonyl (C=O) groups is 1. The van der Waals surface area contributed by atoms with Gasteiger partial charge in [-0.2, -0.15) is 0 Å². The molecule has 0 bridgehead atoms. The van der Waals surface area contributed by atoms with Crippen molar-refractivity contribution < 1.29 is 19.7 Å². The van der Waals surface area contributed by atoms with E-state index in [2.05, 4.69) is 6.92 Å². The highest BCUT2D eigenvalue weighted by atomic mass is 16.5. The van der Waals surface area contributed by atoms with E-state index in [-0.39, 0.29) is 29.8 Å². The summed E-state index contributed by atoms with van der Waals surface area (Å²) in [6.07, 6.45) is 3.80. The summed E-state index contributed by atoms with van der Waals surface area (Å²) in [5.74, 6) is -0.0891. The zero-order valence-electron chi connectivity index (χ0n) is 12.2. The molecule has 0 amide bonds. The summed E-state index contributed by atoms with van der Waals surface area (Å²) in [5.41, 5.74) is -0.650. The zero-order valence-corrected chi connectivity index (χ0v) is 12.2. The Balaban J connectivity index is 2.37. The Bertz CT molecular complexity index is 356. The summed E-state index contributed by atoms with van der Waals surface area (Å²) in [6, 6.07) is 0. The van der Waals surface area contributed by atoms with Crippen molar-refractivity contribution in [3.63, 3.8) is 0 Å². The minimum absolute atomic E-state index is 0.00851. The van der Waals surface area contributed by atoms with Crippen molar-refractivity contribution in [2.75, 3.05) is 13.7 Å². The van der Waals surface area contributed by atoms with E-state index in [9.17, 15) is 15.0 Å². The van der Waals surface area contributed by atoms with E-state index in [1.165, 1.54) is 7.11 Å². The van der Waals surface area contributed by atoms with E-state index < -0.39 is 11.5 Å². The molecule has 0 aliphatic heterocycles. The van der Waals surface area contributed by atoms with Crippen molar-refractivity contribution in [2.45, 2.75) is 52.1 Å². The lowest BCUT2D eigenvalue weighted by Crippen LogP contribution is -2.57. The Hall–Kier alpha value is -0.610. The third-order valence-corrected chi connectivity index (χ3v) is 5.89. The smallest absolute Gasteiger partial charge is 0.311 e. The molecule has 19 heavy (non-hydrogen) atoms. The van der Waals surface area contributed by atoms with Gasteiger partial charge >= 0.3 is 5.97 Å². The van der Waals surface area contributed by atoms with Gasteiger partial charge in [-0.3, -0.25) is 4.79 Å². The van der Waals surface area contributed by atoms with Gasteiger partial charge in [0.15, 0.2) is 0 Å². The fourth-order valence-corrected chi connectivity index (χ4v) is 4.79. The number of ether oxygens (including phenoxy) is 1. The van der Waals surface area contributed by atoms with Crippen molar-refractivity contribution >= 4 is 5.97 Å². The second-order valence-corrected chi connectivity index (χ2v) is 6.75. The molecule has 0 aromatic carbocycles. The topological polar surface area (TPSA) is 66.8 Å². The molecule has 0 saturated heterocycles. The molecule has 0 unspecified atom stereocenters. The molecule has 0 aromatic heterocycles. The van der Waals surface area contributed by atoms with Crippen LogP contribution in [0.1, 0.15) is 46.0 Å². The molecule has 0 radical (unpaired) electrons. The minimum Gasteiger partial charge on any atom is -0.469 e. The molecule has 0 aromatic rings. The first-order chi connectivity index (χ1) is 8.90. The van der Waals surface area contributed by atoms with Gasteiger partial charge in [0.2, 0.25) is 0 Å². The molecular formula is C15H26O4. The van der Waals surface area contributed by atoms with Crippen molar-refractivity contribution in [3.8, 4) is 0 Å². The van der Waals surface area contributed by atoms with Crippen molar-refractivity contribution in [1.29, 1.82) is 0 Å². The molecule has 4 heteroatoms. The summed E-state index contributed by atoms with van der Waals surface area (Å²) in [6.45, 7) is 4.11. The Labute approximate surface area is 115 Å². The summed E-state index contributed by atoms with van der Waals surface area (Å²) in [5, 5.41) is 19.8. The van der Waals surface area contributed by atoms with Crippen LogP contribution in [0.15, 0.2) is 0 Å². The largest absolute Gasteiger partial charge is 0.469 e. The zero-order chi connectivity index (χ0) is 14.3. The van der Waals surface area contributed by atoms with Gasteiger partial charge in [0.1, 0.15) is 0 Å². The number of hydrogen-bond acceptors (Lipinski definition) is 4. The fourth-order valence-electron chi connectivity index (χ4n) is 4.79. The van der Waals surface area contributed by atoms with Crippen molar-refractivity contribution in [3.05, 3.63) is 0 Å². The van der Waals surface area contributed by atoms with Gasteiger partial charge in [-0.25, -0.2) is 0 Å². The van der Waals surface area contributed by atoms with Crippen molar-refractivity contribution in [2.24, 2.45) is 22.7 Å². The van der Waals surface area contributed by atoms with E-state index in [1.54, 1.807) is 0 Å². The third kappa shape index (κ3) is 2.09.